The van der Waals surface area contributed by atoms with Crippen molar-refractivity contribution in [2.75, 3.05) is 17.7 Å². The number of amides is 1. The average molecular weight is 374 g/mol. The SMILES string of the molecule is Cc1csc(NC(=O)COC(=O)CSc2cnc3ccccc3n2)n1. The number of thioether (sulfide) groups is 1. The summed E-state index contributed by atoms with van der Waals surface area (Å²) >= 11 is 2.53. The number of nitrogens with one attached hydrogen (secondary N) is 1. The number of rotatable bonds is 6. The lowest BCUT2D eigenvalue weighted by Crippen LogP contribution is -2.21. The Morgan fingerprint density at radius 2 is 2.04 bits per heavy atom. The molecule has 1 amide bonds. The number of aryl methyl sites for hydroxylation is 1. The van der Waals surface area contributed by atoms with Crippen molar-refractivity contribution in [3.05, 3.63) is 41.5 Å². The molecule has 0 aliphatic rings. The van der Waals surface area contributed by atoms with Gasteiger partial charge in [0.2, 0.25) is 0 Å². The number of fused-ring (bicyclic) bond motifs is 1. The van der Waals surface area contributed by atoms with Gasteiger partial charge >= 0.3 is 5.97 Å². The van der Waals surface area contributed by atoms with Gasteiger partial charge in [0.25, 0.3) is 5.91 Å². The minimum absolute atomic E-state index is 0.0522. The van der Waals surface area contributed by atoms with E-state index in [0.29, 0.717) is 10.2 Å². The predicted octanol–water partition coefficient (Wildman–Crippen LogP) is 2.67. The number of esters is 1. The molecule has 0 radical (unpaired) electrons. The van der Waals surface area contributed by atoms with Crippen LogP contribution in [0.5, 0.6) is 0 Å². The lowest BCUT2D eigenvalue weighted by molar-refractivity contribution is -0.144. The van der Waals surface area contributed by atoms with Gasteiger partial charge < -0.3 is 4.74 Å². The van der Waals surface area contributed by atoms with Gasteiger partial charge in [0, 0.05) is 5.38 Å². The second-order valence-corrected chi connectivity index (χ2v) is 6.84. The van der Waals surface area contributed by atoms with Crippen molar-refractivity contribution in [1.82, 2.24) is 15.0 Å². The molecule has 3 rings (SSSR count). The summed E-state index contributed by atoms with van der Waals surface area (Å²) in [6.45, 7) is 1.49. The topological polar surface area (TPSA) is 94.1 Å². The first-order chi connectivity index (χ1) is 12.1. The molecule has 0 saturated carbocycles. The van der Waals surface area contributed by atoms with Crippen LogP contribution in [-0.2, 0) is 14.3 Å². The van der Waals surface area contributed by atoms with Crippen LogP contribution >= 0.6 is 23.1 Å². The highest BCUT2D eigenvalue weighted by molar-refractivity contribution is 7.99. The van der Waals surface area contributed by atoms with E-state index in [9.17, 15) is 9.59 Å². The molecule has 2 aromatic heterocycles. The molecule has 0 aliphatic heterocycles. The number of ether oxygens (including phenoxy) is 1. The molecule has 2 heterocycles. The zero-order valence-corrected chi connectivity index (χ0v) is 14.9. The van der Waals surface area contributed by atoms with Crippen molar-refractivity contribution < 1.29 is 14.3 Å². The fourth-order valence-corrected chi connectivity index (χ4v) is 3.24. The number of carbonyl (C=O) groups is 2. The van der Waals surface area contributed by atoms with Crippen molar-refractivity contribution in [3.63, 3.8) is 0 Å². The molecular formula is C16H14N4O3S2. The number of hydrogen-bond acceptors (Lipinski definition) is 8. The Labute approximate surface area is 151 Å². The summed E-state index contributed by atoms with van der Waals surface area (Å²) in [5.74, 6) is -0.861. The molecule has 1 N–H and O–H groups in total. The standard InChI is InChI=1S/C16H14N4O3S2/c1-10-8-25-16(18-10)20-13(21)7-23-15(22)9-24-14-6-17-11-4-2-3-5-12(11)19-14/h2-6,8H,7,9H2,1H3,(H,18,20,21). The molecule has 0 fully saturated rings. The van der Waals surface area contributed by atoms with Crippen LogP contribution in [0.25, 0.3) is 11.0 Å². The van der Waals surface area contributed by atoms with Crippen molar-refractivity contribution in [2.24, 2.45) is 0 Å². The normalized spacial score (nSPS) is 10.6. The lowest BCUT2D eigenvalue weighted by atomic mass is 10.3. The maximum atomic E-state index is 11.8. The van der Waals surface area contributed by atoms with Crippen molar-refractivity contribution in [3.8, 4) is 0 Å². The third-order valence-corrected chi connectivity index (χ3v) is 4.74. The van der Waals surface area contributed by atoms with E-state index in [1.165, 1.54) is 23.1 Å². The summed E-state index contributed by atoms with van der Waals surface area (Å²) in [5.41, 5.74) is 2.38. The van der Waals surface area contributed by atoms with Gasteiger partial charge in [0.05, 0.1) is 28.7 Å². The molecule has 1 aromatic carbocycles. The molecule has 0 aliphatic carbocycles. The van der Waals surface area contributed by atoms with E-state index >= 15 is 0 Å². The number of nitrogens with zero attached hydrogens (tertiary/aromatic N) is 3. The Morgan fingerprint density at radius 3 is 2.80 bits per heavy atom. The smallest absolute Gasteiger partial charge is 0.316 e. The van der Waals surface area contributed by atoms with Crippen LogP contribution < -0.4 is 5.32 Å². The van der Waals surface area contributed by atoms with Crippen LogP contribution in [0, 0.1) is 6.92 Å². The molecule has 3 aromatic rings. The van der Waals surface area contributed by atoms with E-state index in [-0.39, 0.29) is 12.4 Å². The van der Waals surface area contributed by atoms with Crippen LogP contribution in [0.3, 0.4) is 0 Å². The predicted molar refractivity (Wildman–Crippen MR) is 96.7 cm³/mol. The highest BCUT2D eigenvalue weighted by Crippen LogP contribution is 2.18. The van der Waals surface area contributed by atoms with Gasteiger partial charge in [0.15, 0.2) is 11.7 Å². The Balaban J connectivity index is 1.44. The molecule has 25 heavy (non-hydrogen) atoms. The van der Waals surface area contributed by atoms with Gasteiger partial charge in [-0.1, -0.05) is 23.9 Å². The largest absolute Gasteiger partial charge is 0.455 e. The van der Waals surface area contributed by atoms with E-state index < -0.39 is 11.9 Å². The molecule has 0 spiro atoms. The van der Waals surface area contributed by atoms with E-state index in [2.05, 4.69) is 20.3 Å². The Kier molecular flexibility index (Phi) is 5.56. The number of benzene rings is 1. The molecule has 9 heteroatoms. The lowest BCUT2D eigenvalue weighted by Gasteiger charge is -2.05. The third-order valence-electron chi connectivity index (χ3n) is 2.99. The number of hydrogen-bond donors (Lipinski definition) is 1. The minimum Gasteiger partial charge on any atom is -0.455 e. The van der Waals surface area contributed by atoms with Crippen LogP contribution in [0.4, 0.5) is 5.13 Å². The van der Waals surface area contributed by atoms with Gasteiger partial charge in [-0.3, -0.25) is 19.9 Å². The van der Waals surface area contributed by atoms with Gasteiger partial charge in [-0.2, -0.15) is 0 Å². The fourth-order valence-electron chi connectivity index (χ4n) is 1.90. The average Bonchev–Trinajstić information content (AvgIpc) is 3.02. The summed E-state index contributed by atoms with van der Waals surface area (Å²) in [6, 6.07) is 7.49. The molecule has 0 bridgehead atoms. The number of anilines is 1. The zero-order chi connectivity index (χ0) is 17.6. The Bertz CT molecular complexity index is 913. The second-order valence-electron chi connectivity index (χ2n) is 4.99. The molecular weight excluding hydrogens is 360 g/mol. The van der Waals surface area contributed by atoms with Crippen LogP contribution in [-0.4, -0.2) is 39.2 Å². The molecule has 0 saturated heterocycles. The Morgan fingerprint density at radius 1 is 1.24 bits per heavy atom. The first-order valence-electron chi connectivity index (χ1n) is 7.32. The monoisotopic (exact) mass is 374 g/mol. The quantitative estimate of drug-likeness (QED) is 0.523. The van der Waals surface area contributed by atoms with E-state index in [0.717, 1.165) is 16.7 Å². The molecule has 7 nitrogen and oxygen atoms in total. The summed E-state index contributed by atoms with van der Waals surface area (Å²) in [5, 5.41) is 5.51. The van der Waals surface area contributed by atoms with Crippen molar-refractivity contribution >= 4 is 51.1 Å². The van der Waals surface area contributed by atoms with Gasteiger partial charge in [-0.15, -0.1) is 11.3 Å². The maximum absolute atomic E-state index is 11.8. The number of aromatic nitrogens is 3. The summed E-state index contributed by atoms with van der Waals surface area (Å²) < 4.78 is 4.95. The van der Waals surface area contributed by atoms with Crippen LogP contribution in [0.1, 0.15) is 5.69 Å². The molecule has 128 valence electrons. The van der Waals surface area contributed by atoms with Crippen molar-refractivity contribution in [1.29, 1.82) is 0 Å². The minimum atomic E-state index is -0.495. The van der Waals surface area contributed by atoms with Crippen LogP contribution in [0.15, 0.2) is 40.9 Å². The summed E-state index contributed by atoms with van der Waals surface area (Å²) in [4.78, 5) is 36.2. The highest BCUT2D eigenvalue weighted by Gasteiger charge is 2.11. The van der Waals surface area contributed by atoms with E-state index in [1.807, 2.05) is 36.6 Å². The summed E-state index contributed by atoms with van der Waals surface area (Å²) in [6.07, 6.45) is 1.61. The molecule has 0 unspecified atom stereocenters. The number of carbonyl (C=O) groups excluding carboxylic acids is 2. The third kappa shape index (κ3) is 4.97. The van der Waals surface area contributed by atoms with E-state index in [1.54, 1.807) is 6.20 Å². The second kappa shape index (κ2) is 8.04. The summed E-state index contributed by atoms with van der Waals surface area (Å²) in [7, 11) is 0. The van der Waals surface area contributed by atoms with E-state index in [4.69, 9.17) is 4.74 Å². The highest BCUT2D eigenvalue weighted by atomic mass is 32.2. The van der Waals surface area contributed by atoms with Gasteiger partial charge in [0.1, 0.15) is 5.03 Å². The Hall–Kier alpha value is -2.52. The van der Waals surface area contributed by atoms with Crippen molar-refractivity contribution in [2.45, 2.75) is 11.9 Å². The van der Waals surface area contributed by atoms with Gasteiger partial charge in [-0.25, -0.2) is 9.97 Å². The zero-order valence-electron chi connectivity index (χ0n) is 13.3. The first-order valence-corrected chi connectivity index (χ1v) is 9.19. The fraction of sp³-hybridized carbons (Fsp3) is 0.188. The first kappa shape index (κ1) is 17.3. The number of thiazole rings is 1. The molecule has 0 atom stereocenters. The van der Waals surface area contributed by atoms with Gasteiger partial charge in [-0.05, 0) is 19.1 Å². The van der Waals surface area contributed by atoms with Crippen LogP contribution in [0.2, 0.25) is 0 Å². The maximum Gasteiger partial charge on any atom is 0.316 e. The number of para-hydroxylation sites is 2.